The average molecular weight is 336 g/mol. The number of nitrogens with one attached hydrogen (secondary N) is 1. The lowest BCUT2D eigenvalue weighted by atomic mass is 10.1. The Bertz CT molecular complexity index is 897. The fourth-order valence-corrected chi connectivity index (χ4v) is 3.19. The summed E-state index contributed by atoms with van der Waals surface area (Å²) in [5.74, 6) is 0.626. The third-order valence-corrected chi connectivity index (χ3v) is 4.55. The monoisotopic (exact) mass is 336 g/mol. The van der Waals surface area contributed by atoms with Crippen LogP contribution in [0.3, 0.4) is 0 Å². The first kappa shape index (κ1) is 15.4. The van der Waals surface area contributed by atoms with Crippen molar-refractivity contribution in [3.63, 3.8) is 0 Å². The summed E-state index contributed by atoms with van der Waals surface area (Å²) in [6, 6.07) is 11.8. The second-order valence-electron chi connectivity index (χ2n) is 6.12. The fourth-order valence-electron chi connectivity index (χ4n) is 3.19. The minimum absolute atomic E-state index is 0.104. The summed E-state index contributed by atoms with van der Waals surface area (Å²) < 4.78 is 1.63. The fraction of sp³-hybridized carbons (Fsp3) is 0.278. The number of piperazine rings is 1. The summed E-state index contributed by atoms with van der Waals surface area (Å²) in [6.45, 7) is 5.14. The molecule has 25 heavy (non-hydrogen) atoms. The Balaban J connectivity index is 1.42. The molecular weight excluding hydrogens is 316 g/mol. The normalized spacial score (nSPS) is 14.8. The maximum atomic E-state index is 12.6. The smallest absolute Gasteiger partial charge is 0.323 e. The van der Waals surface area contributed by atoms with Gasteiger partial charge in [-0.05, 0) is 24.6 Å². The van der Waals surface area contributed by atoms with Crippen molar-refractivity contribution in [1.82, 2.24) is 19.5 Å². The predicted octanol–water partition coefficient (Wildman–Crippen LogP) is 2.39. The Hall–Kier alpha value is -3.09. The summed E-state index contributed by atoms with van der Waals surface area (Å²) in [4.78, 5) is 20.9. The number of amides is 2. The van der Waals surface area contributed by atoms with Crippen LogP contribution in [0.15, 0.2) is 48.8 Å². The van der Waals surface area contributed by atoms with Crippen LogP contribution in [-0.4, -0.2) is 51.7 Å². The molecule has 1 saturated heterocycles. The van der Waals surface area contributed by atoms with E-state index < -0.39 is 0 Å². The Morgan fingerprint density at radius 3 is 2.64 bits per heavy atom. The second-order valence-corrected chi connectivity index (χ2v) is 6.12. The van der Waals surface area contributed by atoms with Gasteiger partial charge in [0.25, 0.3) is 0 Å². The lowest BCUT2D eigenvalue weighted by Crippen LogP contribution is -2.50. The zero-order valence-corrected chi connectivity index (χ0v) is 14.1. The molecule has 128 valence electrons. The van der Waals surface area contributed by atoms with E-state index in [-0.39, 0.29) is 6.03 Å². The van der Waals surface area contributed by atoms with E-state index in [1.165, 1.54) is 11.3 Å². The molecule has 7 nitrogen and oxygen atoms in total. The molecule has 0 bridgehead atoms. The van der Waals surface area contributed by atoms with E-state index in [1.54, 1.807) is 29.0 Å². The van der Waals surface area contributed by atoms with Crippen molar-refractivity contribution in [2.24, 2.45) is 0 Å². The number of nitrogens with zero attached hydrogens (tertiary/aromatic N) is 5. The van der Waals surface area contributed by atoms with Gasteiger partial charge in [-0.1, -0.05) is 18.2 Å². The highest BCUT2D eigenvalue weighted by Crippen LogP contribution is 2.21. The highest BCUT2D eigenvalue weighted by Gasteiger charge is 2.22. The number of aromatic nitrogens is 3. The van der Waals surface area contributed by atoms with Crippen LogP contribution in [0.4, 0.5) is 16.3 Å². The van der Waals surface area contributed by atoms with Crippen LogP contribution in [0.2, 0.25) is 0 Å². The number of rotatable bonds is 2. The molecular formula is C18H20N6O. The number of urea groups is 1. The van der Waals surface area contributed by atoms with E-state index in [0.29, 0.717) is 24.6 Å². The van der Waals surface area contributed by atoms with E-state index in [1.807, 2.05) is 11.0 Å². The third kappa shape index (κ3) is 3.00. The average Bonchev–Trinajstić information content (AvgIpc) is 3.12. The lowest BCUT2D eigenvalue weighted by Gasteiger charge is -2.36. The summed E-state index contributed by atoms with van der Waals surface area (Å²) in [5.41, 5.74) is 3.22. The van der Waals surface area contributed by atoms with Gasteiger partial charge in [0.05, 0.1) is 6.20 Å². The number of benzene rings is 1. The zero-order valence-electron chi connectivity index (χ0n) is 14.1. The first-order valence-corrected chi connectivity index (χ1v) is 8.37. The first-order chi connectivity index (χ1) is 12.2. The molecule has 1 aliphatic rings. The molecule has 3 heterocycles. The van der Waals surface area contributed by atoms with Gasteiger partial charge in [0.2, 0.25) is 0 Å². The number of hydrogen-bond donors (Lipinski definition) is 1. The number of carbonyl (C=O) groups is 1. The molecule has 0 saturated carbocycles. The van der Waals surface area contributed by atoms with Gasteiger partial charge in [0, 0.05) is 44.1 Å². The maximum absolute atomic E-state index is 12.6. The van der Waals surface area contributed by atoms with Crippen LogP contribution in [0.5, 0.6) is 0 Å². The molecule has 1 fully saturated rings. The van der Waals surface area contributed by atoms with Gasteiger partial charge in [-0.25, -0.2) is 9.78 Å². The van der Waals surface area contributed by atoms with Crippen molar-refractivity contribution >= 4 is 23.2 Å². The quantitative estimate of drug-likeness (QED) is 0.780. The number of fused-ring (bicyclic) bond motifs is 1. The molecule has 0 unspecified atom stereocenters. The van der Waals surface area contributed by atoms with Crippen LogP contribution >= 0.6 is 0 Å². The SMILES string of the molecule is Cc1ccccc1N1CCN(C(=O)Nc2ccnc3ccnn23)CC1. The molecule has 7 heteroatoms. The highest BCUT2D eigenvalue weighted by atomic mass is 16.2. The minimum atomic E-state index is -0.104. The molecule has 4 rings (SSSR count). The summed E-state index contributed by atoms with van der Waals surface area (Å²) in [7, 11) is 0. The van der Waals surface area contributed by atoms with Gasteiger partial charge in [0.1, 0.15) is 5.82 Å². The van der Waals surface area contributed by atoms with E-state index in [9.17, 15) is 4.79 Å². The Kier molecular flexibility index (Phi) is 3.97. The molecule has 2 amide bonds. The van der Waals surface area contributed by atoms with Crippen LogP contribution in [0, 0.1) is 6.92 Å². The van der Waals surface area contributed by atoms with Crippen molar-refractivity contribution in [1.29, 1.82) is 0 Å². The molecule has 1 aliphatic heterocycles. The van der Waals surface area contributed by atoms with Gasteiger partial charge in [-0.15, -0.1) is 0 Å². The van der Waals surface area contributed by atoms with E-state index in [2.05, 4.69) is 45.4 Å². The first-order valence-electron chi connectivity index (χ1n) is 8.37. The lowest BCUT2D eigenvalue weighted by molar-refractivity contribution is 0.208. The van der Waals surface area contributed by atoms with Crippen LogP contribution in [-0.2, 0) is 0 Å². The molecule has 0 radical (unpaired) electrons. The van der Waals surface area contributed by atoms with E-state index in [4.69, 9.17) is 0 Å². The minimum Gasteiger partial charge on any atom is -0.368 e. The molecule has 2 aromatic heterocycles. The zero-order chi connectivity index (χ0) is 17.2. The number of aryl methyl sites for hydroxylation is 1. The van der Waals surface area contributed by atoms with Crippen molar-refractivity contribution in [3.8, 4) is 0 Å². The number of carbonyl (C=O) groups excluding carboxylic acids is 1. The molecule has 3 aromatic rings. The van der Waals surface area contributed by atoms with Gasteiger partial charge in [0.15, 0.2) is 5.65 Å². The van der Waals surface area contributed by atoms with Gasteiger partial charge in [-0.2, -0.15) is 9.61 Å². The molecule has 0 aliphatic carbocycles. The summed E-state index contributed by atoms with van der Waals surface area (Å²) in [5, 5.41) is 7.13. The molecule has 1 aromatic carbocycles. The second kappa shape index (κ2) is 6.43. The third-order valence-electron chi connectivity index (χ3n) is 4.55. The van der Waals surface area contributed by atoms with Gasteiger partial charge < -0.3 is 9.80 Å². The molecule has 1 N–H and O–H groups in total. The van der Waals surface area contributed by atoms with Crippen molar-refractivity contribution in [2.75, 3.05) is 36.4 Å². The topological polar surface area (TPSA) is 65.8 Å². The van der Waals surface area contributed by atoms with Gasteiger partial charge in [-0.3, -0.25) is 5.32 Å². The van der Waals surface area contributed by atoms with Crippen LogP contribution in [0.25, 0.3) is 5.65 Å². The molecule has 0 spiro atoms. The summed E-state index contributed by atoms with van der Waals surface area (Å²) >= 11 is 0. The standard InChI is InChI=1S/C18H20N6O/c1-14-4-2-3-5-15(14)22-10-12-23(13-11-22)18(25)21-17-6-8-19-16-7-9-20-24(16)17/h2-9H,10-13H2,1H3,(H,21,25). The Labute approximate surface area is 145 Å². The van der Waals surface area contributed by atoms with Crippen molar-refractivity contribution in [3.05, 3.63) is 54.4 Å². The van der Waals surface area contributed by atoms with E-state index >= 15 is 0 Å². The highest BCUT2D eigenvalue weighted by molar-refractivity contribution is 5.88. The molecule has 0 atom stereocenters. The van der Waals surface area contributed by atoms with Crippen molar-refractivity contribution in [2.45, 2.75) is 6.92 Å². The summed E-state index contributed by atoms with van der Waals surface area (Å²) in [6.07, 6.45) is 3.34. The van der Waals surface area contributed by atoms with Crippen LogP contribution < -0.4 is 10.2 Å². The van der Waals surface area contributed by atoms with E-state index in [0.717, 1.165) is 13.1 Å². The Morgan fingerprint density at radius 1 is 1.04 bits per heavy atom. The van der Waals surface area contributed by atoms with Crippen molar-refractivity contribution < 1.29 is 4.79 Å². The number of hydrogen-bond acceptors (Lipinski definition) is 4. The predicted molar refractivity (Wildman–Crippen MR) is 97.0 cm³/mol. The van der Waals surface area contributed by atoms with Crippen LogP contribution in [0.1, 0.15) is 5.56 Å². The number of para-hydroxylation sites is 1. The largest absolute Gasteiger partial charge is 0.368 e. The Morgan fingerprint density at radius 2 is 1.84 bits per heavy atom. The maximum Gasteiger partial charge on any atom is 0.323 e. The number of anilines is 2. The van der Waals surface area contributed by atoms with Gasteiger partial charge >= 0.3 is 6.03 Å².